The zero-order chi connectivity index (χ0) is 13.0. The fraction of sp³-hybridized carbons (Fsp3) is 0.467. The highest BCUT2D eigenvalue weighted by Crippen LogP contribution is 2.32. The van der Waals surface area contributed by atoms with E-state index >= 15 is 0 Å². The minimum Gasteiger partial charge on any atom is -0.307 e. The third kappa shape index (κ3) is 3.12. The molecule has 0 spiro atoms. The van der Waals surface area contributed by atoms with Crippen molar-refractivity contribution in [1.82, 2.24) is 5.32 Å². The molecular weight excluding hydrogens is 249 g/mol. The summed E-state index contributed by atoms with van der Waals surface area (Å²) in [6.07, 6.45) is 6.79. The summed E-state index contributed by atoms with van der Waals surface area (Å²) < 4.78 is 13.6. The highest BCUT2D eigenvalue weighted by molar-refractivity contribution is 6.30. The van der Waals surface area contributed by atoms with Crippen LogP contribution in [0.25, 0.3) is 0 Å². The van der Waals surface area contributed by atoms with Gasteiger partial charge >= 0.3 is 0 Å². The van der Waals surface area contributed by atoms with E-state index in [-0.39, 0.29) is 16.9 Å². The van der Waals surface area contributed by atoms with Crippen molar-refractivity contribution in [2.24, 2.45) is 0 Å². The van der Waals surface area contributed by atoms with E-state index in [4.69, 9.17) is 11.6 Å². The number of rotatable bonds is 5. The maximum atomic E-state index is 13.6. The quantitative estimate of drug-likeness (QED) is 0.767. The van der Waals surface area contributed by atoms with Crippen LogP contribution in [0.15, 0.2) is 29.8 Å². The Kier molecular flexibility index (Phi) is 4.79. The summed E-state index contributed by atoms with van der Waals surface area (Å²) in [7, 11) is 0. The van der Waals surface area contributed by atoms with Crippen LogP contribution in [-0.4, -0.2) is 6.54 Å². The molecule has 1 atom stereocenters. The molecule has 1 aromatic carbocycles. The van der Waals surface area contributed by atoms with E-state index in [1.165, 1.54) is 12.0 Å². The zero-order valence-electron chi connectivity index (χ0n) is 10.7. The highest BCUT2D eigenvalue weighted by atomic mass is 35.5. The molecule has 0 aromatic heterocycles. The van der Waals surface area contributed by atoms with Gasteiger partial charge in [-0.2, -0.15) is 0 Å². The molecule has 0 saturated carbocycles. The molecule has 0 fully saturated rings. The third-order valence-corrected chi connectivity index (χ3v) is 3.63. The second-order valence-corrected chi connectivity index (χ2v) is 5.14. The molecule has 98 valence electrons. The van der Waals surface area contributed by atoms with Gasteiger partial charge in [0.25, 0.3) is 0 Å². The molecule has 0 heterocycles. The van der Waals surface area contributed by atoms with Gasteiger partial charge in [-0.1, -0.05) is 36.2 Å². The molecule has 1 N–H and O–H groups in total. The first-order chi connectivity index (χ1) is 8.72. The van der Waals surface area contributed by atoms with Crippen LogP contribution in [0.1, 0.15) is 44.2 Å². The molecule has 3 heteroatoms. The first kappa shape index (κ1) is 13.6. The van der Waals surface area contributed by atoms with Crippen LogP contribution in [-0.2, 0) is 0 Å². The maximum absolute atomic E-state index is 13.6. The standard InChI is InChI=1S/C15H19ClFN/c1-2-9-18-15(11-5-3-4-6-11)12-7-8-13(16)14(17)10-12/h5,7-8,10,15,18H,2-4,6,9H2,1H3. The maximum Gasteiger partial charge on any atom is 0.142 e. The SMILES string of the molecule is CCCNC(C1=CCCC1)c1ccc(Cl)c(F)c1. The molecular formula is C15H19ClFN. The number of nitrogens with one attached hydrogen (secondary N) is 1. The lowest BCUT2D eigenvalue weighted by atomic mass is 9.98. The van der Waals surface area contributed by atoms with Gasteiger partial charge in [0.2, 0.25) is 0 Å². The van der Waals surface area contributed by atoms with Gasteiger partial charge in [0.15, 0.2) is 0 Å². The fourth-order valence-corrected chi connectivity index (χ4v) is 2.52. The monoisotopic (exact) mass is 267 g/mol. The van der Waals surface area contributed by atoms with Crippen LogP contribution in [0.4, 0.5) is 4.39 Å². The summed E-state index contributed by atoms with van der Waals surface area (Å²) >= 11 is 5.74. The molecule has 1 aliphatic rings. The van der Waals surface area contributed by atoms with Gasteiger partial charge in [-0.05, 0) is 49.9 Å². The van der Waals surface area contributed by atoms with Crippen LogP contribution in [0, 0.1) is 5.82 Å². The van der Waals surface area contributed by atoms with Crippen molar-refractivity contribution in [2.75, 3.05) is 6.54 Å². The summed E-state index contributed by atoms with van der Waals surface area (Å²) in [6.45, 7) is 3.07. The average molecular weight is 268 g/mol. The second kappa shape index (κ2) is 6.35. The summed E-state index contributed by atoms with van der Waals surface area (Å²) in [4.78, 5) is 0. The Hall–Kier alpha value is -0.860. The van der Waals surface area contributed by atoms with Crippen LogP contribution < -0.4 is 5.32 Å². The Bertz CT molecular complexity index is 442. The van der Waals surface area contributed by atoms with Gasteiger partial charge in [-0.15, -0.1) is 0 Å². The smallest absolute Gasteiger partial charge is 0.142 e. The molecule has 0 bridgehead atoms. The Morgan fingerprint density at radius 1 is 1.44 bits per heavy atom. The van der Waals surface area contributed by atoms with Crippen molar-refractivity contribution in [3.05, 3.63) is 46.3 Å². The summed E-state index contributed by atoms with van der Waals surface area (Å²) in [5, 5.41) is 3.68. The van der Waals surface area contributed by atoms with E-state index in [1.807, 2.05) is 6.07 Å². The Labute approximate surface area is 113 Å². The molecule has 2 rings (SSSR count). The minimum atomic E-state index is -0.337. The Morgan fingerprint density at radius 2 is 2.28 bits per heavy atom. The van der Waals surface area contributed by atoms with Crippen molar-refractivity contribution in [2.45, 2.75) is 38.6 Å². The molecule has 1 nitrogen and oxygen atoms in total. The normalized spacial score (nSPS) is 16.7. The Balaban J connectivity index is 2.23. The van der Waals surface area contributed by atoms with E-state index in [0.717, 1.165) is 31.4 Å². The largest absolute Gasteiger partial charge is 0.307 e. The molecule has 1 unspecified atom stereocenters. The van der Waals surface area contributed by atoms with Gasteiger partial charge in [-0.3, -0.25) is 0 Å². The molecule has 0 aliphatic heterocycles. The van der Waals surface area contributed by atoms with E-state index in [9.17, 15) is 4.39 Å². The molecule has 1 aliphatic carbocycles. The van der Waals surface area contributed by atoms with E-state index < -0.39 is 0 Å². The van der Waals surface area contributed by atoms with Gasteiger partial charge in [-0.25, -0.2) is 4.39 Å². The van der Waals surface area contributed by atoms with Gasteiger partial charge < -0.3 is 5.32 Å². The van der Waals surface area contributed by atoms with Crippen molar-refractivity contribution >= 4 is 11.6 Å². The van der Waals surface area contributed by atoms with Crippen molar-refractivity contribution in [3.8, 4) is 0 Å². The van der Waals surface area contributed by atoms with Crippen LogP contribution in [0.5, 0.6) is 0 Å². The van der Waals surface area contributed by atoms with Crippen LogP contribution in [0.3, 0.4) is 0 Å². The Morgan fingerprint density at radius 3 is 2.89 bits per heavy atom. The summed E-state index contributed by atoms with van der Waals surface area (Å²) in [5.74, 6) is -0.337. The highest BCUT2D eigenvalue weighted by Gasteiger charge is 2.19. The van der Waals surface area contributed by atoms with Crippen molar-refractivity contribution in [1.29, 1.82) is 0 Å². The van der Waals surface area contributed by atoms with E-state index in [2.05, 4.69) is 18.3 Å². The van der Waals surface area contributed by atoms with E-state index in [0.29, 0.717) is 0 Å². The van der Waals surface area contributed by atoms with Gasteiger partial charge in [0, 0.05) is 0 Å². The number of allylic oxidation sites excluding steroid dienone is 1. The fourth-order valence-electron chi connectivity index (χ4n) is 2.40. The van der Waals surface area contributed by atoms with Crippen LogP contribution >= 0.6 is 11.6 Å². The lowest BCUT2D eigenvalue weighted by molar-refractivity contribution is 0.569. The van der Waals surface area contributed by atoms with Crippen molar-refractivity contribution in [3.63, 3.8) is 0 Å². The predicted octanol–water partition coefficient (Wildman–Crippen LogP) is 4.63. The number of hydrogen-bond donors (Lipinski definition) is 1. The first-order valence-corrected chi connectivity index (χ1v) is 6.97. The number of benzene rings is 1. The van der Waals surface area contributed by atoms with Gasteiger partial charge in [0.05, 0.1) is 11.1 Å². The average Bonchev–Trinajstić information content (AvgIpc) is 2.88. The second-order valence-electron chi connectivity index (χ2n) is 4.73. The number of hydrogen-bond acceptors (Lipinski definition) is 1. The number of halogens is 2. The zero-order valence-corrected chi connectivity index (χ0v) is 11.4. The summed E-state index contributed by atoms with van der Waals surface area (Å²) in [6, 6.07) is 5.24. The van der Waals surface area contributed by atoms with Gasteiger partial charge in [0.1, 0.15) is 5.82 Å². The van der Waals surface area contributed by atoms with Crippen molar-refractivity contribution < 1.29 is 4.39 Å². The minimum absolute atomic E-state index is 0.138. The predicted molar refractivity (Wildman–Crippen MR) is 74.4 cm³/mol. The molecule has 18 heavy (non-hydrogen) atoms. The molecule has 0 saturated heterocycles. The topological polar surface area (TPSA) is 12.0 Å². The lowest BCUT2D eigenvalue weighted by Gasteiger charge is -2.21. The van der Waals surface area contributed by atoms with Crippen LogP contribution in [0.2, 0.25) is 5.02 Å². The van der Waals surface area contributed by atoms with E-state index in [1.54, 1.807) is 12.1 Å². The first-order valence-electron chi connectivity index (χ1n) is 6.59. The molecule has 0 amide bonds. The lowest BCUT2D eigenvalue weighted by Crippen LogP contribution is -2.23. The summed E-state index contributed by atoms with van der Waals surface area (Å²) in [5.41, 5.74) is 2.35. The molecule has 0 radical (unpaired) electrons. The molecule has 1 aromatic rings. The third-order valence-electron chi connectivity index (χ3n) is 3.32.